The monoisotopic (exact) mass is 450 g/mol. The lowest BCUT2D eigenvalue weighted by Crippen LogP contribution is -1.93. The van der Waals surface area contributed by atoms with Gasteiger partial charge in [0, 0.05) is 28.6 Å². The first-order valence-electron chi connectivity index (χ1n) is 9.20. The second-order valence-electron chi connectivity index (χ2n) is 6.97. The van der Waals surface area contributed by atoms with E-state index >= 15 is 0 Å². The Morgan fingerprint density at radius 2 is 1.55 bits per heavy atom. The van der Waals surface area contributed by atoms with Gasteiger partial charge in [-0.25, -0.2) is 8.42 Å². The van der Waals surface area contributed by atoms with Crippen LogP contribution in [0.25, 0.3) is 0 Å². The topological polar surface area (TPSA) is 86.8 Å². The number of hydrogen-bond donors (Lipinski definition) is 0. The van der Waals surface area contributed by atoms with Gasteiger partial charge < -0.3 is 0 Å². The van der Waals surface area contributed by atoms with E-state index in [0.717, 1.165) is 23.3 Å². The number of hydrogen-bond acceptors (Lipinski definition) is 6. The number of aromatic nitrogens is 4. The van der Waals surface area contributed by atoms with Crippen LogP contribution in [-0.2, 0) is 9.05 Å². The van der Waals surface area contributed by atoms with E-state index in [-0.39, 0.29) is 10.0 Å². The lowest BCUT2D eigenvalue weighted by atomic mass is 10.2. The van der Waals surface area contributed by atoms with Gasteiger partial charge in [0.05, 0.1) is 29.4 Å². The van der Waals surface area contributed by atoms with Gasteiger partial charge in [-0.05, 0) is 37.4 Å². The van der Waals surface area contributed by atoms with Crippen LogP contribution >= 0.6 is 22.4 Å². The van der Waals surface area contributed by atoms with Crippen molar-refractivity contribution in [1.82, 2.24) is 19.6 Å². The van der Waals surface area contributed by atoms with Crippen LogP contribution in [0.4, 0.5) is 0 Å². The average molecular weight is 451 g/mol. The summed E-state index contributed by atoms with van der Waals surface area (Å²) in [5, 5.41) is 8.24. The summed E-state index contributed by atoms with van der Waals surface area (Å²) in [7, 11) is 1.52. The number of halogens is 1. The minimum Gasteiger partial charge on any atom is -0.281 e. The first-order valence-corrected chi connectivity index (χ1v) is 12.3. The summed E-state index contributed by atoms with van der Waals surface area (Å²) >= 11 is 1.24. The third kappa shape index (κ3) is 5.49. The number of thioether (sulfide) groups is 1. The van der Waals surface area contributed by atoms with Gasteiger partial charge in [-0.15, -0.1) is 0 Å². The Bertz CT molecular complexity index is 1100. The highest BCUT2D eigenvalue weighted by molar-refractivity contribution is 8.14. The molecule has 0 unspecified atom stereocenters. The number of carbonyl (C=O) groups is 1. The Balaban J connectivity index is 0.000000150. The molecule has 5 rings (SSSR count). The van der Waals surface area contributed by atoms with Crippen molar-refractivity contribution in [1.29, 1.82) is 0 Å². The van der Waals surface area contributed by atoms with E-state index < -0.39 is 9.05 Å². The number of benzene rings is 1. The fraction of sp³-hybridized carbons (Fsp3) is 0.316. The van der Waals surface area contributed by atoms with E-state index in [2.05, 4.69) is 10.2 Å². The number of nitrogens with zero attached hydrogens (tertiary/aromatic N) is 4. The molecule has 0 spiro atoms. The molecule has 2 saturated carbocycles. The van der Waals surface area contributed by atoms with E-state index in [1.807, 2.05) is 41.2 Å². The van der Waals surface area contributed by atoms with Gasteiger partial charge in [-0.3, -0.25) is 14.2 Å². The summed E-state index contributed by atoms with van der Waals surface area (Å²) < 4.78 is 25.2. The Labute approximate surface area is 177 Å². The van der Waals surface area contributed by atoms with Crippen molar-refractivity contribution in [3.63, 3.8) is 0 Å². The first-order chi connectivity index (χ1) is 13.9. The van der Waals surface area contributed by atoms with Crippen LogP contribution in [0.2, 0.25) is 0 Å². The second kappa shape index (κ2) is 8.33. The van der Waals surface area contributed by atoms with Crippen molar-refractivity contribution >= 4 is 36.6 Å². The summed E-state index contributed by atoms with van der Waals surface area (Å²) in [5.41, 5.74) is 0.733. The van der Waals surface area contributed by atoms with Crippen molar-refractivity contribution in [2.75, 3.05) is 0 Å². The van der Waals surface area contributed by atoms with E-state index in [4.69, 9.17) is 10.7 Å². The van der Waals surface area contributed by atoms with E-state index in [0.29, 0.717) is 12.1 Å². The lowest BCUT2D eigenvalue weighted by Gasteiger charge is -1.97. The molecule has 0 N–H and O–H groups in total. The van der Waals surface area contributed by atoms with Gasteiger partial charge in [0.2, 0.25) is 5.12 Å². The predicted molar refractivity (Wildman–Crippen MR) is 111 cm³/mol. The van der Waals surface area contributed by atoms with Crippen LogP contribution in [0.15, 0.2) is 64.9 Å². The quantitative estimate of drug-likeness (QED) is 0.425. The van der Waals surface area contributed by atoms with Crippen LogP contribution < -0.4 is 0 Å². The first kappa shape index (κ1) is 20.2. The van der Waals surface area contributed by atoms with Crippen molar-refractivity contribution < 1.29 is 13.2 Å². The van der Waals surface area contributed by atoms with Crippen molar-refractivity contribution in [3.8, 4) is 0 Å². The van der Waals surface area contributed by atoms with Crippen LogP contribution in [-0.4, -0.2) is 33.1 Å². The summed E-state index contributed by atoms with van der Waals surface area (Å²) in [6, 6.07) is 10.3. The smallest absolute Gasteiger partial charge is 0.264 e. The molecular formula is C19H19ClN4O3S2. The van der Waals surface area contributed by atoms with Gasteiger partial charge in [0.25, 0.3) is 9.05 Å². The molecular weight excluding hydrogens is 432 g/mol. The standard InChI is InChI=1S/C13H12N2OS.C6H7ClN2O2S/c16-13(10-4-2-1-3-5-10)17-12-8-14-15(9-12)11-6-7-11;7-12(10,11)6-3-8-9(4-6)5-1-2-5/h1-5,8-9,11H,6-7H2;3-5H,1-2H2. The third-order valence-electron chi connectivity index (χ3n) is 4.50. The normalized spacial score (nSPS) is 16.2. The lowest BCUT2D eigenvalue weighted by molar-refractivity contribution is 0.108. The Morgan fingerprint density at radius 3 is 2.10 bits per heavy atom. The Hall–Kier alpha value is -2.10. The molecule has 2 aliphatic rings. The van der Waals surface area contributed by atoms with Gasteiger partial charge >= 0.3 is 0 Å². The summed E-state index contributed by atoms with van der Waals surface area (Å²) in [4.78, 5) is 12.9. The highest BCUT2D eigenvalue weighted by atomic mass is 35.7. The zero-order valence-corrected chi connectivity index (χ0v) is 17.8. The van der Waals surface area contributed by atoms with Crippen molar-refractivity contribution in [2.24, 2.45) is 0 Å². The Morgan fingerprint density at radius 1 is 0.966 bits per heavy atom. The SMILES string of the molecule is O=C(Sc1cnn(C2CC2)c1)c1ccccc1.O=S(=O)(Cl)c1cnn(C2CC2)c1. The molecule has 29 heavy (non-hydrogen) atoms. The summed E-state index contributed by atoms with van der Waals surface area (Å²) in [6.45, 7) is 0. The predicted octanol–water partition coefficient (Wildman–Crippen LogP) is 4.30. The van der Waals surface area contributed by atoms with Crippen LogP contribution in [0.3, 0.4) is 0 Å². The largest absolute Gasteiger partial charge is 0.281 e. The zero-order chi connectivity index (χ0) is 20.4. The maximum Gasteiger partial charge on any atom is 0.264 e. The zero-order valence-electron chi connectivity index (χ0n) is 15.4. The molecule has 1 aromatic carbocycles. The van der Waals surface area contributed by atoms with Crippen molar-refractivity contribution in [3.05, 3.63) is 60.7 Å². The molecule has 0 bridgehead atoms. The summed E-state index contributed by atoms with van der Waals surface area (Å²) in [5.74, 6) is 0. The molecule has 10 heteroatoms. The molecule has 7 nitrogen and oxygen atoms in total. The molecule has 0 aliphatic heterocycles. The van der Waals surface area contributed by atoms with Gasteiger partial charge in [0.1, 0.15) is 4.90 Å². The molecule has 0 amide bonds. The maximum absolute atomic E-state index is 11.9. The maximum atomic E-state index is 11.9. The van der Waals surface area contributed by atoms with Gasteiger partial charge in [-0.2, -0.15) is 10.2 Å². The molecule has 2 aromatic heterocycles. The van der Waals surface area contributed by atoms with E-state index in [1.165, 1.54) is 37.0 Å². The fourth-order valence-corrected chi connectivity index (χ4v) is 4.01. The molecule has 0 atom stereocenters. The van der Waals surface area contributed by atoms with Gasteiger partial charge in [-0.1, -0.05) is 30.3 Å². The fourth-order valence-electron chi connectivity index (χ4n) is 2.64. The molecule has 0 saturated heterocycles. The van der Waals surface area contributed by atoms with Crippen LogP contribution in [0, 0.1) is 0 Å². The van der Waals surface area contributed by atoms with Crippen molar-refractivity contribution in [2.45, 2.75) is 47.6 Å². The number of rotatable bonds is 5. The molecule has 0 radical (unpaired) electrons. The second-order valence-corrected chi connectivity index (χ2v) is 10.6. The molecule has 3 aromatic rings. The molecule has 2 aliphatic carbocycles. The third-order valence-corrected chi connectivity index (χ3v) is 6.68. The Kier molecular flexibility index (Phi) is 5.80. The van der Waals surface area contributed by atoms with Crippen LogP contribution in [0.1, 0.15) is 48.1 Å². The van der Waals surface area contributed by atoms with E-state index in [1.54, 1.807) is 10.9 Å². The average Bonchev–Trinajstić information content (AvgIpc) is 3.64. The number of carbonyl (C=O) groups excluding carboxylic acids is 1. The molecule has 2 heterocycles. The minimum absolute atomic E-state index is 0.0703. The van der Waals surface area contributed by atoms with E-state index in [9.17, 15) is 13.2 Å². The highest BCUT2D eigenvalue weighted by Crippen LogP contribution is 2.35. The minimum atomic E-state index is -3.60. The van der Waals surface area contributed by atoms with Crippen LogP contribution in [0.5, 0.6) is 0 Å². The summed E-state index contributed by atoms with van der Waals surface area (Å²) in [6.07, 6.45) is 11.0. The highest BCUT2D eigenvalue weighted by Gasteiger charge is 2.26. The van der Waals surface area contributed by atoms with Gasteiger partial charge in [0.15, 0.2) is 0 Å². The molecule has 2 fully saturated rings. The molecule has 152 valence electrons.